The summed E-state index contributed by atoms with van der Waals surface area (Å²) < 4.78 is 19.6. The molecule has 39 heavy (non-hydrogen) atoms. The smallest absolute Gasteiger partial charge is 0.407 e. The predicted octanol–water partition coefficient (Wildman–Crippen LogP) is 7.24. The van der Waals surface area contributed by atoms with Crippen LogP contribution in [0.5, 0.6) is 5.75 Å². The fourth-order valence-electron chi connectivity index (χ4n) is 5.07. The Morgan fingerprint density at radius 3 is 2.36 bits per heavy atom. The number of phenols is 1. The second-order valence-corrected chi connectivity index (χ2v) is 12.0. The molecule has 0 saturated heterocycles. The van der Waals surface area contributed by atoms with E-state index < -0.39 is 23.3 Å². The van der Waals surface area contributed by atoms with E-state index in [1.807, 2.05) is 39.0 Å². The number of phenolic OH excluding ortho intramolecular Hbond substituents is 1. The van der Waals surface area contributed by atoms with Gasteiger partial charge in [0.05, 0.1) is 21.8 Å². The third-order valence-corrected chi connectivity index (χ3v) is 7.52. The number of fused-ring (bicyclic) bond motifs is 1. The SMILES string of the molecule is CC(C)(C)OC(=O)N[C@H]1CC[C@H](Nc2c(C(=O)C3CC3)cnc3ccc(-c4cc(F)c(O)c(Cl)c4)cc23)CC1. The van der Waals surface area contributed by atoms with Gasteiger partial charge in [-0.2, -0.15) is 0 Å². The Balaban J connectivity index is 1.42. The molecule has 1 amide bonds. The molecular formula is C30H33ClFN3O4. The minimum Gasteiger partial charge on any atom is -0.504 e. The molecule has 5 rings (SSSR count). The highest BCUT2D eigenvalue weighted by atomic mass is 35.5. The minimum atomic E-state index is -0.802. The van der Waals surface area contributed by atoms with Crippen molar-refractivity contribution in [2.24, 2.45) is 5.92 Å². The van der Waals surface area contributed by atoms with Gasteiger partial charge in [-0.25, -0.2) is 9.18 Å². The van der Waals surface area contributed by atoms with E-state index in [1.165, 1.54) is 12.1 Å². The van der Waals surface area contributed by atoms with Gasteiger partial charge in [0, 0.05) is 29.6 Å². The number of aromatic nitrogens is 1. The van der Waals surface area contributed by atoms with Crippen LogP contribution in [0.3, 0.4) is 0 Å². The minimum absolute atomic E-state index is 0.0201. The summed E-state index contributed by atoms with van der Waals surface area (Å²) in [4.78, 5) is 30.0. The molecule has 0 atom stereocenters. The van der Waals surface area contributed by atoms with Gasteiger partial charge in [0.2, 0.25) is 0 Å². The number of carbonyl (C=O) groups excluding carboxylic acids is 2. The lowest BCUT2D eigenvalue weighted by molar-refractivity contribution is 0.0492. The molecule has 0 aliphatic heterocycles. The van der Waals surface area contributed by atoms with Crippen molar-refractivity contribution >= 4 is 40.1 Å². The number of carbonyl (C=O) groups is 2. The van der Waals surface area contributed by atoms with Gasteiger partial charge in [0.1, 0.15) is 5.60 Å². The Bertz CT molecular complexity index is 1400. The summed E-state index contributed by atoms with van der Waals surface area (Å²) in [5.41, 5.74) is 2.65. The average molecular weight is 554 g/mol. The van der Waals surface area contributed by atoms with Gasteiger partial charge in [0.15, 0.2) is 17.3 Å². The van der Waals surface area contributed by atoms with E-state index >= 15 is 0 Å². The summed E-state index contributed by atoms with van der Waals surface area (Å²) in [6.45, 7) is 5.52. The quantitative estimate of drug-likeness (QED) is 0.278. The van der Waals surface area contributed by atoms with Crippen molar-refractivity contribution in [2.75, 3.05) is 5.32 Å². The van der Waals surface area contributed by atoms with E-state index in [-0.39, 0.29) is 28.8 Å². The van der Waals surface area contributed by atoms with Crippen LogP contribution in [0.1, 0.15) is 69.7 Å². The van der Waals surface area contributed by atoms with Gasteiger partial charge in [0.25, 0.3) is 0 Å². The van der Waals surface area contributed by atoms with E-state index in [0.717, 1.165) is 49.6 Å². The van der Waals surface area contributed by atoms with Crippen LogP contribution in [-0.2, 0) is 4.74 Å². The number of anilines is 1. The first-order valence-electron chi connectivity index (χ1n) is 13.4. The van der Waals surface area contributed by atoms with E-state index in [0.29, 0.717) is 22.2 Å². The fourth-order valence-corrected chi connectivity index (χ4v) is 5.28. The van der Waals surface area contributed by atoms with Crippen LogP contribution in [0.25, 0.3) is 22.0 Å². The van der Waals surface area contributed by atoms with Crippen LogP contribution >= 0.6 is 11.6 Å². The largest absolute Gasteiger partial charge is 0.504 e. The summed E-state index contributed by atoms with van der Waals surface area (Å²) in [5.74, 6) is -1.29. The number of benzene rings is 2. The number of pyridine rings is 1. The molecule has 206 valence electrons. The van der Waals surface area contributed by atoms with Crippen LogP contribution in [0, 0.1) is 11.7 Å². The number of amides is 1. The van der Waals surface area contributed by atoms with Gasteiger partial charge in [-0.3, -0.25) is 9.78 Å². The third kappa shape index (κ3) is 6.27. The first-order valence-corrected chi connectivity index (χ1v) is 13.8. The number of rotatable bonds is 6. The molecular weight excluding hydrogens is 521 g/mol. The first kappa shape index (κ1) is 27.2. The molecule has 7 nitrogen and oxygen atoms in total. The van der Waals surface area contributed by atoms with Gasteiger partial charge in [-0.05, 0) is 94.7 Å². The number of ketones is 1. The summed E-state index contributed by atoms with van der Waals surface area (Å²) in [6.07, 6.45) is 6.17. The molecule has 2 fully saturated rings. The standard InChI is InChI=1S/C30H33ClFN3O4/c1-30(2,3)39-29(38)35-20-9-7-19(8-10-20)34-26-21-12-17(18-13-23(31)28(37)24(32)14-18)6-11-25(21)33-15-22(26)27(36)16-4-5-16/h6,11-16,19-20,37H,4-5,7-10H2,1-3H3,(H,33,34)(H,35,38)/t19-,20-. The predicted molar refractivity (Wildman–Crippen MR) is 150 cm³/mol. The number of Topliss-reactive ketones (excluding diaryl/α,β-unsaturated/α-hetero) is 1. The zero-order valence-corrected chi connectivity index (χ0v) is 23.1. The fraction of sp³-hybridized carbons (Fsp3) is 0.433. The third-order valence-electron chi connectivity index (χ3n) is 7.23. The lowest BCUT2D eigenvalue weighted by Crippen LogP contribution is -2.42. The molecule has 3 N–H and O–H groups in total. The number of hydrogen-bond acceptors (Lipinski definition) is 6. The number of alkyl carbamates (subject to hydrolysis) is 1. The summed E-state index contributed by atoms with van der Waals surface area (Å²) in [6, 6.07) is 8.41. The van der Waals surface area contributed by atoms with Crippen molar-refractivity contribution in [3.63, 3.8) is 0 Å². The van der Waals surface area contributed by atoms with Crippen molar-refractivity contribution in [3.05, 3.63) is 52.9 Å². The van der Waals surface area contributed by atoms with Crippen molar-refractivity contribution in [3.8, 4) is 16.9 Å². The second kappa shape index (κ2) is 10.6. The topological polar surface area (TPSA) is 101 Å². The highest BCUT2D eigenvalue weighted by Crippen LogP contribution is 2.39. The zero-order valence-electron chi connectivity index (χ0n) is 22.3. The summed E-state index contributed by atoms with van der Waals surface area (Å²) in [5, 5.41) is 17.0. The van der Waals surface area contributed by atoms with E-state index in [1.54, 1.807) is 6.20 Å². The van der Waals surface area contributed by atoms with Crippen LogP contribution in [0.15, 0.2) is 36.5 Å². The highest BCUT2D eigenvalue weighted by Gasteiger charge is 2.33. The molecule has 2 aromatic carbocycles. The Morgan fingerprint density at radius 1 is 1.03 bits per heavy atom. The number of halogens is 2. The van der Waals surface area contributed by atoms with Gasteiger partial charge in [-0.15, -0.1) is 0 Å². The van der Waals surface area contributed by atoms with Crippen LogP contribution < -0.4 is 10.6 Å². The Labute approximate surface area is 232 Å². The Kier molecular flexibility index (Phi) is 7.42. The Hall–Kier alpha value is -3.39. The maximum Gasteiger partial charge on any atom is 0.407 e. The molecule has 9 heteroatoms. The van der Waals surface area contributed by atoms with Gasteiger partial charge < -0.3 is 20.5 Å². The lowest BCUT2D eigenvalue weighted by Gasteiger charge is -2.31. The van der Waals surface area contributed by atoms with Crippen LogP contribution in [0.2, 0.25) is 5.02 Å². The monoisotopic (exact) mass is 553 g/mol. The van der Waals surface area contributed by atoms with Crippen molar-refractivity contribution in [1.29, 1.82) is 0 Å². The van der Waals surface area contributed by atoms with Gasteiger partial charge in [-0.1, -0.05) is 17.7 Å². The molecule has 1 heterocycles. The van der Waals surface area contributed by atoms with E-state index in [2.05, 4.69) is 15.6 Å². The summed E-state index contributed by atoms with van der Waals surface area (Å²) in [7, 11) is 0. The molecule has 2 saturated carbocycles. The number of hydrogen-bond donors (Lipinski definition) is 3. The van der Waals surface area contributed by atoms with Crippen molar-refractivity contribution in [1.82, 2.24) is 10.3 Å². The molecule has 0 spiro atoms. The lowest BCUT2D eigenvalue weighted by atomic mass is 9.90. The molecule has 3 aromatic rings. The normalized spacial score (nSPS) is 19.5. The van der Waals surface area contributed by atoms with Crippen molar-refractivity contribution < 1.29 is 23.8 Å². The average Bonchev–Trinajstić information content (AvgIpc) is 3.72. The molecule has 0 unspecified atom stereocenters. The number of nitrogens with zero attached hydrogens (tertiary/aromatic N) is 1. The van der Waals surface area contributed by atoms with Crippen LogP contribution in [-0.4, -0.2) is 39.7 Å². The van der Waals surface area contributed by atoms with Crippen molar-refractivity contribution in [2.45, 2.75) is 77.0 Å². The zero-order chi connectivity index (χ0) is 27.9. The maximum atomic E-state index is 14.2. The summed E-state index contributed by atoms with van der Waals surface area (Å²) >= 11 is 6.04. The van der Waals surface area contributed by atoms with E-state index in [4.69, 9.17) is 16.3 Å². The Morgan fingerprint density at radius 2 is 1.72 bits per heavy atom. The van der Waals surface area contributed by atoms with Crippen LogP contribution in [0.4, 0.5) is 14.9 Å². The molecule has 1 aromatic heterocycles. The number of aromatic hydroxyl groups is 1. The molecule has 2 aliphatic rings. The number of nitrogens with one attached hydrogen (secondary N) is 2. The molecule has 0 radical (unpaired) electrons. The second-order valence-electron chi connectivity index (χ2n) is 11.5. The van der Waals surface area contributed by atoms with E-state index in [9.17, 15) is 19.1 Å². The van der Waals surface area contributed by atoms with Gasteiger partial charge >= 0.3 is 6.09 Å². The maximum absolute atomic E-state index is 14.2. The molecule has 2 aliphatic carbocycles. The number of ether oxygens (including phenoxy) is 1. The first-order chi connectivity index (χ1) is 18.5. The highest BCUT2D eigenvalue weighted by molar-refractivity contribution is 6.32. The molecule has 0 bridgehead atoms.